The molecule has 212 valence electrons. The van der Waals surface area contributed by atoms with E-state index in [1.807, 2.05) is 19.1 Å². The molecule has 5 N–H and O–H groups in total. The second-order valence-corrected chi connectivity index (χ2v) is 14.5. The van der Waals surface area contributed by atoms with Gasteiger partial charge in [-0.25, -0.2) is 4.39 Å². The third-order valence-electron chi connectivity index (χ3n) is 6.94. The Labute approximate surface area is 237 Å². The molecule has 0 aliphatic carbocycles. The number of hydrogen-bond donors (Lipinski definition) is 5. The molecule has 1 unspecified atom stereocenters. The first-order chi connectivity index (χ1) is 19.4. The van der Waals surface area contributed by atoms with E-state index in [9.17, 15) is 24.2 Å². The number of alkyl halides is 2. The summed E-state index contributed by atoms with van der Waals surface area (Å²) in [6, 6.07) is 12.6. The molecular formula is C28H32FIN6O4. The van der Waals surface area contributed by atoms with E-state index in [0.29, 0.717) is 28.2 Å². The molecule has 1 saturated heterocycles. The SMILES string of the molecule is Cc1cc(N2CCN(CC(O)CF)CC2)cc2[nH]c(-c3c(NCI(C=O)c4cccc(O)c4)cc[nH]c3=O)nc12. The number of H-pyrrole nitrogens is 2. The number of aliphatic hydroxyl groups is 1. The Morgan fingerprint density at radius 1 is 1.20 bits per heavy atom. The predicted octanol–water partition coefficient (Wildman–Crippen LogP) is 3.32. The van der Waals surface area contributed by atoms with Gasteiger partial charge in [0.25, 0.3) is 0 Å². The number of rotatable bonds is 10. The molecule has 2 aromatic heterocycles. The van der Waals surface area contributed by atoms with Gasteiger partial charge in [-0.1, -0.05) is 0 Å². The number of aromatic hydroxyl groups is 1. The molecule has 0 radical (unpaired) electrons. The number of nitrogens with zero attached hydrogens (tertiary/aromatic N) is 3. The number of piperazine rings is 1. The predicted molar refractivity (Wildman–Crippen MR) is 164 cm³/mol. The number of benzene rings is 2. The van der Waals surface area contributed by atoms with E-state index in [1.54, 1.807) is 30.5 Å². The standard InChI is InChI=1S/C28H32FIN6O4/c1-18-11-20(36-9-7-35(8-10-36)15-22(39)14-29)13-24-26(18)34-27(33-24)25-23(5-6-31-28(25)40)32-16-30(17-37)19-3-2-4-21(38)12-19/h2-6,11-13,17,22,38-39H,7-10,14-16H2,1H3,(H,33,34)(H2,31,32,40). The van der Waals surface area contributed by atoms with E-state index in [4.69, 9.17) is 4.98 Å². The first-order valence-electron chi connectivity index (χ1n) is 12.9. The number of β-amino-alcohol motifs (C(OH)–C–C–N with tert-alkyl or cyclic N) is 1. The van der Waals surface area contributed by atoms with Gasteiger partial charge in [0.05, 0.1) is 6.10 Å². The Hall–Kier alpha value is -3.49. The number of halogens is 2. The topological polar surface area (TPSA) is 138 Å². The van der Waals surface area contributed by atoms with Crippen LogP contribution in [0.4, 0.5) is 15.8 Å². The van der Waals surface area contributed by atoms with Crippen LogP contribution in [0.25, 0.3) is 22.4 Å². The molecule has 1 fully saturated rings. The third-order valence-corrected chi connectivity index (χ3v) is 11.0. The van der Waals surface area contributed by atoms with E-state index in [0.717, 1.165) is 56.3 Å². The molecule has 1 aliphatic rings. The number of aliphatic hydroxyl groups excluding tert-OH is 1. The molecule has 2 aromatic carbocycles. The van der Waals surface area contributed by atoms with Gasteiger partial charge in [0.1, 0.15) is 6.67 Å². The number of hydrogen-bond acceptors (Lipinski definition) is 8. The fourth-order valence-corrected chi connectivity index (χ4v) is 8.02. The van der Waals surface area contributed by atoms with E-state index in [2.05, 4.69) is 31.2 Å². The molecule has 0 amide bonds. The van der Waals surface area contributed by atoms with Crippen LogP contribution >= 0.6 is 19.8 Å². The number of fused-ring (bicyclic) bond motifs is 1. The second-order valence-electron chi connectivity index (χ2n) is 9.71. The Kier molecular flexibility index (Phi) is 8.66. The fourth-order valence-electron chi connectivity index (χ4n) is 4.90. The number of aromatic nitrogens is 3. The van der Waals surface area contributed by atoms with Gasteiger partial charge in [0.2, 0.25) is 0 Å². The summed E-state index contributed by atoms with van der Waals surface area (Å²) in [6.45, 7) is 4.53. The summed E-state index contributed by atoms with van der Waals surface area (Å²) in [5, 5.41) is 22.7. The van der Waals surface area contributed by atoms with E-state index in [1.165, 1.54) is 0 Å². The molecule has 4 aromatic rings. The van der Waals surface area contributed by atoms with Crippen LogP contribution in [0.2, 0.25) is 0 Å². The van der Waals surface area contributed by atoms with Gasteiger partial charge >= 0.3 is 205 Å². The van der Waals surface area contributed by atoms with E-state index >= 15 is 0 Å². The fraction of sp³-hybridized carbons (Fsp3) is 0.321. The van der Waals surface area contributed by atoms with Gasteiger partial charge in [-0.15, -0.1) is 0 Å². The first-order valence-corrected chi connectivity index (χ1v) is 16.8. The maximum absolute atomic E-state index is 13.0. The second kappa shape index (κ2) is 12.4. The van der Waals surface area contributed by atoms with Crippen molar-refractivity contribution >= 4 is 46.5 Å². The molecule has 0 spiro atoms. The van der Waals surface area contributed by atoms with Crippen LogP contribution in [0, 0.1) is 10.5 Å². The molecular weight excluding hydrogens is 630 g/mol. The van der Waals surface area contributed by atoms with Crippen molar-refractivity contribution in [3.05, 3.63) is 68.1 Å². The third kappa shape index (κ3) is 6.13. The summed E-state index contributed by atoms with van der Waals surface area (Å²) in [6.07, 6.45) is 0.605. The van der Waals surface area contributed by atoms with Crippen molar-refractivity contribution in [3.8, 4) is 17.1 Å². The van der Waals surface area contributed by atoms with Gasteiger partial charge in [-0.3, -0.25) is 4.90 Å². The first kappa shape index (κ1) is 28.1. The summed E-state index contributed by atoms with van der Waals surface area (Å²) in [5.41, 5.74) is 4.17. The van der Waals surface area contributed by atoms with Crippen molar-refractivity contribution < 1.29 is 19.4 Å². The summed E-state index contributed by atoms with van der Waals surface area (Å²) >= 11 is -2.31. The van der Waals surface area contributed by atoms with Crippen LogP contribution < -0.4 is 15.8 Å². The van der Waals surface area contributed by atoms with Crippen molar-refractivity contribution in [3.63, 3.8) is 0 Å². The normalized spacial score (nSPS) is 15.3. The van der Waals surface area contributed by atoms with E-state index in [-0.39, 0.29) is 11.3 Å². The number of aromatic amines is 2. The zero-order valence-corrected chi connectivity index (χ0v) is 24.2. The van der Waals surface area contributed by atoms with Crippen LogP contribution in [-0.2, 0) is 4.79 Å². The maximum atomic E-state index is 13.0. The van der Waals surface area contributed by atoms with Crippen molar-refractivity contribution in [1.82, 2.24) is 19.9 Å². The van der Waals surface area contributed by atoms with Crippen molar-refractivity contribution in [2.24, 2.45) is 0 Å². The van der Waals surface area contributed by atoms with Gasteiger partial charge in [-0.2, -0.15) is 0 Å². The average Bonchev–Trinajstić information content (AvgIpc) is 3.38. The number of aryl methyl sites for hydroxylation is 1. The molecule has 3 heterocycles. The molecule has 10 nitrogen and oxygen atoms in total. The van der Waals surface area contributed by atoms with Gasteiger partial charge in [0, 0.05) is 6.54 Å². The summed E-state index contributed by atoms with van der Waals surface area (Å²) in [4.78, 5) is 40.0. The average molecular weight is 663 g/mol. The Morgan fingerprint density at radius 3 is 2.73 bits per heavy atom. The van der Waals surface area contributed by atoms with Crippen LogP contribution in [-0.4, -0.2) is 84.4 Å². The number of phenols is 1. The van der Waals surface area contributed by atoms with Crippen LogP contribution in [0.5, 0.6) is 5.75 Å². The quantitative estimate of drug-likeness (QED) is 0.0574. The Balaban J connectivity index is 1.38. The number of phenolic OH excluding ortho intramolecular Hbond substituents is 1. The molecule has 0 bridgehead atoms. The monoisotopic (exact) mass is 662 g/mol. The molecule has 12 heteroatoms. The van der Waals surface area contributed by atoms with Gasteiger partial charge < -0.3 is 5.11 Å². The number of imidazole rings is 1. The Bertz CT molecular complexity index is 1550. The Morgan fingerprint density at radius 2 is 2.00 bits per heavy atom. The van der Waals surface area contributed by atoms with Crippen molar-refractivity contribution in [1.29, 1.82) is 0 Å². The summed E-state index contributed by atoms with van der Waals surface area (Å²) in [5.74, 6) is 0.543. The number of carbonyl (C=O) groups is 1. The summed E-state index contributed by atoms with van der Waals surface area (Å²) in [7, 11) is 0. The zero-order valence-electron chi connectivity index (χ0n) is 22.0. The van der Waals surface area contributed by atoms with Crippen LogP contribution in [0.1, 0.15) is 5.56 Å². The van der Waals surface area contributed by atoms with E-state index < -0.39 is 32.6 Å². The number of carbonyl (C=O) groups excluding carboxylic acids is 1. The van der Waals surface area contributed by atoms with Crippen molar-refractivity contribution in [2.45, 2.75) is 13.0 Å². The van der Waals surface area contributed by atoms with Gasteiger partial charge in [-0.05, 0) is 0 Å². The van der Waals surface area contributed by atoms with Crippen molar-refractivity contribution in [2.75, 3.05) is 54.2 Å². The number of nitrogens with one attached hydrogen (secondary N) is 3. The molecule has 1 aliphatic heterocycles. The van der Waals surface area contributed by atoms with Gasteiger partial charge in [0.15, 0.2) is 0 Å². The van der Waals surface area contributed by atoms with Crippen LogP contribution in [0.15, 0.2) is 53.5 Å². The zero-order chi connectivity index (χ0) is 28.2. The molecule has 1 atom stereocenters. The molecule has 0 saturated carbocycles. The number of pyridine rings is 1. The molecule has 5 rings (SSSR count). The molecule has 40 heavy (non-hydrogen) atoms. The van der Waals surface area contributed by atoms with Crippen LogP contribution in [0.3, 0.4) is 0 Å². The number of anilines is 2. The minimum absolute atomic E-state index is 0.119. The minimum atomic E-state index is -2.31. The summed E-state index contributed by atoms with van der Waals surface area (Å²) < 4.78 is 14.9.